The van der Waals surface area contributed by atoms with Gasteiger partial charge in [0.2, 0.25) is 5.91 Å². The van der Waals surface area contributed by atoms with Crippen LogP contribution in [0.15, 0.2) is 0 Å². The van der Waals surface area contributed by atoms with E-state index < -0.39 is 17.8 Å². The molecule has 0 spiro atoms. The first kappa shape index (κ1) is 13.4. The lowest BCUT2D eigenvalue weighted by Crippen LogP contribution is -2.39. The Hall–Kier alpha value is -1.59. The standard InChI is InChI=1S/C9H14NO5/c1-4-7(11)10(5-8(12)14-2)6-9(13)15-3/h1,4-6H2,2-3H3. The number of methoxy groups -OCH3 is 2. The number of carbonyl (C=O) groups is 3. The van der Waals surface area contributed by atoms with Crippen LogP contribution in [-0.2, 0) is 23.9 Å². The van der Waals surface area contributed by atoms with E-state index in [1.54, 1.807) is 0 Å². The molecule has 6 nitrogen and oxygen atoms in total. The summed E-state index contributed by atoms with van der Waals surface area (Å²) < 4.78 is 8.77. The molecule has 0 aliphatic rings. The molecule has 0 aliphatic carbocycles. The van der Waals surface area contributed by atoms with Gasteiger partial charge in [-0.2, -0.15) is 0 Å². The average molecular weight is 216 g/mol. The summed E-state index contributed by atoms with van der Waals surface area (Å²) in [6.07, 6.45) is -0.0337. The van der Waals surface area contributed by atoms with Gasteiger partial charge in [0.1, 0.15) is 13.1 Å². The van der Waals surface area contributed by atoms with Crippen LogP contribution in [0.5, 0.6) is 0 Å². The third-order valence-electron chi connectivity index (χ3n) is 1.66. The molecule has 1 amide bonds. The van der Waals surface area contributed by atoms with Crippen LogP contribution in [0.25, 0.3) is 0 Å². The SMILES string of the molecule is [CH2]CC(=O)N(CC(=O)OC)CC(=O)OC. The van der Waals surface area contributed by atoms with Gasteiger partial charge < -0.3 is 14.4 Å². The van der Waals surface area contributed by atoms with Gasteiger partial charge in [0.15, 0.2) is 0 Å². The third kappa shape index (κ3) is 4.99. The number of amides is 1. The van der Waals surface area contributed by atoms with Gasteiger partial charge in [-0.1, -0.05) is 0 Å². The highest BCUT2D eigenvalue weighted by molar-refractivity contribution is 5.86. The van der Waals surface area contributed by atoms with E-state index in [1.165, 1.54) is 14.2 Å². The molecule has 0 heterocycles. The Morgan fingerprint density at radius 3 is 1.73 bits per heavy atom. The molecule has 0 aromatic heterocycles. The molecule has 85 valence electrons. The monoisotopic (exact) mass is 216 g/mol. The summed E-state index contributed by atoms with van der Waals surface area (Å²) >= 11 is 0. The summed E-state index contributed by atoms with van der Waals surface area (Å²) in [6, 6.07) is 0. The van der Waals surface area contributed by atoms with Gasteiger partial charge in [-0.25, -0.2) is 0 Å². The molecule has 0 bridgehead atoms. The quantitative estimate of drug-likeness (QED) is 0.573. The number of ether oxygens (including phenoxy) is 2. The zero-order valence-electron chi connectivity index (χ0n) is 8.82. The van der Waals surface area contributed by atoms with Crippen LogP contribution in [0.1, 0.15) is 6.42 Å². The zero-order chi connectivity index (χ0) is 11.8. The molecule has 0 aromatic carbocycles. The van der Waals surface area contributed by atoms with Gasteiger partial charge in [0.25, 0.3) is 0 Å². The summed E-state index contributed by atoms with van der Waals surface area (Å²) in [5.41, 5.74) is 0. The van der Waals surface area contributed by atoms with E-state index >= 15 is 0 Å². The predicted molar refractivity (Wildman–Crippen MR) is 50.6 cm³/mol. The molecular formula is C9H14NO5. The van der Waals surface area contributed by atoms with E-state index in [1.807, 2.05) is 0 Å². The van der Waals surface area contributed by atoms with E-state index in [4.69, 9.17) is 0 Å². The molecule has 0 aromatic rings. The van der Waals surface area contributed by atoms with Crippen LogP contribution in [0.4, 0.5) is 0 Å². The highest BCUT2D eigenvalue weighted by atomic mass is 16.5. The summed E-state index contributed by atoms with van der Waals surface area (Å²) in [5, 5.41) is 0. The average Bonchev–Trinajstić information content (AvgIpc) is 2.26. The van der Waals surface area contributed by atoms with Crippen LogP contribution < -0.4 is 0 Å². The number of nitrogens with zero attached hydrogens (tertiary/aromatic N) is 1. The van der Waals surface area contributed by atoms with Crippen LogP contribution >= 0.6 is 0 Å². The Morgan fingerprint density at radius 2 is 1.47 bits per heavy atom. The maximum atomic E-state index is 11.3. The molecule has 15 heavy (non-hydrogen) atoms. The smallest absolute Gasteiger partial charge is 0.325 e. The number of carbonyl (C=O) groups excluding carboxylic acids is 3. The molecule has 0 saturated carbocycles. The highest BCUT2D eigenvalue weighted by Crippen LogP contribution is 1.95. The Kier molecular flexibility index (Phi) is 6.08. The van der Waals surface area contributed by atoms with E-state index in [9.17, 15) is 14.4 Å². The number of hydrogen-bond acceptors (Lipinski definition) is 5. The second-order valence-electron chi connectivity index (χ2n) is 2.65. The van der Waals surface area contributed by atoms with Crippen LogP contribution in [0.3, 0.4) is 0 Å². The van der Waals surface area contributed by atoms with Gasteiger partial charge in [-0.15, -0.1) is 0 Å². The zero-order valence-corrected chi connectivity index (χ0v) is 8.82. The molecule has 0 unspecified atom stereocenters. The number of esters is 2. The van der Waals surface area contributed by atoms with Gasteiger partial charge in [-0.05, 0) is 6.92 Å². The minimum Gasteiger partial charge on any atom is -0.468 e. The van der Waals surface area contributed by atoms with E-state index in [0.717, 1.165) is 4.90 Å². The number of hydrogen-bond donors (Lipinski definition) is 0. The summed E-state index contributed by atoms with van der Waals surface area (Å²) in [5.74, 6) is -1.60. The Balaban J connectivity index is 4.37. The first-order valence-electron chi connectivity index (χ1n) is 4.25. The van der Waals surface area contributed by atoms with Crippen molar-refractivity contribution in [3.8, 4) is 0 Å². The predicted octanol–water partition coefficient (Wildman–Crippen LogP) is -0.615. The minimum atomic E-state index is -0.597. The molecular weight excluding hydrogens is 202 g/mol. The van der Waals surface area contributed by atoms with E-state index in [2.05, 4.69) is 16.4 Å². The topological polar surface area (TPSA) is 72.9 Å². The molecule has 0 fully saturated rings. The number of rotatable bonds is 5. The lowest BCUT2D eigenvalue weighted by Gasteiger charge is -2.18. The molecule has 0 atom stereocenters. The lowest BCUT2D eigenvalue weighted by atomic mass is 10.3. The van der Waals surface area contributed by atoms with Crippen molar-refractivity contribution in [2.24, 2.45) is 0 Å². The Bertz CT molecular complexity index is 233. The fourth-order valence-electron chi connectivity index (χ4n) is 0.831. The van der Waals surface area contributed by atoms with Gasteiger partial charge >= 0.3 is 11.9 Å². The molecule has 0 N–H and O–H groups in total. The van der Waals surface area contributed by atoms with Gasteiger partial charge in [0, 0.05) is 6.42 Å². The van der Waals surface area contributed by atoms with Crippen molar-refractivity contribution in [1.29, 1.82) is 0 Å². The summed E-state index contributed by atoms with van der Waals surface area (Å²) in [6.45, 7) is 2.82. The lowest BCUT2D eigenvalue weighted by molar-refractivity contribution is -0.151. The van der Waals surface area contributed by atoms with Crippen molar-refractivity contribution in [2.45, 2.75) is 6.42 Å². The second-order valence-corrected chi connectivity index (χ2v) is 2.65. The van der Waals surface area contributed by atoms with Crippen molar-refractivity contribution < 1.29 is 23.9 Å². The van der Waals surface area contributed by atoms with Gasteiger partial charge in [-0.3, -0.25) is 14.4 Å². The Labute approximate surface area is 88.1 Å². The van der Waals surface area contributed by atoms with Gasteiger partial charge in [0.05, 0.1) is 14.2 Å². The molecule has 1 radical (unpaired) electrons. The highest BCUT2D eigenvalue weighted by Gasteiger charge is 2.19. The fourth-order valence-corrected chi connectivity index (χ4v) is 0.831. The maximum absolute atomic E-state index is 11.3. The van der Waals surface area contributed by atoms with Crippen molar-refractivity contribution in [3.05, 3.63) is 6.92 Å². The summed E-state index contributed by atoms with van der Waals surface area (Å²) in [4.78, 5) is 34.1. The normalized spacial score (nSPS) is 9.27. The molecule has 6 heteroatoms. The largest absolute Gasteiger partial charge is 0.468 e. The molecule has 0 rings (SSSR count). The summed E-state index contributed by atoms with van der Waals surface area (Å²) in [7, 11) is 2.40. The fraction of sp³-hybridized carbons (Fsp3) is 0.556. The van der Waals surface area contributed by atoms with Crippen LogP contribution in [0, 0.1) is 6.92 Å². The Morgan fingerprint density at radius 1 is 1.07 bits per heavy atom. The van der Waals surface area contributed by atoms with Crippen molar-refractivity contribution in [1.82, 2.24) is 4.90 Å². The van der Waals surface area contributed by atoms with Crippen molar-refractivity contribution in [3.63, 3.8) is 0 Å². The van der Waals surface area contributed by atoms with E-state index in [-0.39, 0.29) is 19.5 Å². The first-order chi connectivity index (χ1) is 7.04. The van der Waals surface area contributed by atoms with Crippen LogP contribution in [0.2, 0.25) is 0 Å². The first-order valence-corrected chi connectivity index (χ1v) is 4.25. The maximum Gasteiger partial charge on any atom is 0.325 e. The van der Waals surface area contributed by atoms with E-state index in [0.29, 0.717) is 0 Å². The molecule has 0 aliphatic heterocycles. The minimum absolute atomic E-state index is 0.0337. The van der Waals surface area contributed by atoms with Crippen molar-refractivity contribution >= 4 is 17.8 Å². The second kappa shape index (κ2) is 6.80. The third-order valence-corrected chi connectivity index (χ3v) is 1.66. The molecule has 0 saturated heterocycles. The van der Waals surface area contributed by atoms with Crippen LogP contribution in [-0.4, -0.2) is 50.1 Å². The van der Waals surface area contributed by atoms with Crippen molar-refractivity contribution in [2.75, 3.05) is 27.3 Å².